The Hall–Kier alpha value is -1.02. The van der Waals surface area contributed by atoms with Gasteiger partial charge in [-0.25, -0.2) is 9.37 Å². The Labute approximate surface area is 182 Å². The molecule has 8 heteroatoms. The molecule has 3 heterocycles. The predicted octanol–water partition coefficient (Wildman–Crippen LogP) is 5.24. The lowest BCUT2D eigenvalue weighted by atomic mass is 10.1. The third-order valence-corrected chi connectivity index (χ3v) is 6.91. The van der Waals surface area contributed by atoms with Crippen LogP contribution in [0.2, 0.25) is 0 Å². The molecule has 4 rings (SSSR count). The first-order valence-electron chi connectivity index (χ1n) is 10.3. The van der Waals surface area contributed by atoms with Gasteiger partial charge in [-0.3, -0.25) is 4.79 Å². The topological polar surface area (TPSA) is 53.4 Å². The quantitative estimate of drug-likeness (QED) is 0.523. The van der Waals surface area contributed by atoms with E-state index in [1.165, 1.54) is 6.07 Å². The zero-order chi connectivity index (χ0) is 20.4. The second-order valence-corrected chi connectivity index (χ2v) is 8.80. The maximum absolute atomic E-state index is 14.7. The highest BCUT2D eigenvalue weighted by molar-refractivity contribution is 9.10. The van der Waals surface area contributed by atoms with Crippen LogP contribution in [-0.2, 0) is 21.8 Å². The van der Waals surface area contributed by atoms with Gasteiger partial charge in [0.1, 0.15) is 11.5 Å². The molecule has 0 aromatic carbocycles. The average molecular weight is 488 g/mol. The molecule has 2 aromatic heterocycles. The van der Waals surface area contributed by atoms with Crippen molar-refractivity contribution in [3.63, 3.8) is 0 Å². The molecule has 5 nitrogen and oxygen atoms in total. The molecule has 2 aliphatic rings. The molecular weight excluding hydrogens is 463 g/mol. The van der Waals surface area contributed by atoms with Crippen molar-refractivity contribution in [2.75, 3.05) is 13.2 Å². The molecule has 0 spiro atoms. The number of hydrogen-bond donors (Lipinski definition) is 0. The summed E-state index contributed by atoms with van der Waals surface area (Å²) < 4.78 is 28.5. The van der Waals surface area contributed by atoms with Gasteiger partial charge in [0.25, 0.3) is 0 Å². The first-order valence-corrected chi connectivity index (χ1v) is 11.6. The van der Waals surface area contributed by atoms with Gasteiger partial charge >= 0.3 is 0 Å². The van der Waals surface area contributed by atoms with E-state index in [1.807, 2.05) is 0 Å². The number of pyridine rings is 2. The maximum atomic E-state index is 14.7. The average Bonchev–Trinajstić information content (AvgIpc) is 3.26. The smallest absolute Gasteiger partial charge is 0.205 e. The summed E-state index contributed by atoms with van der Waals surface area (Å²) in [4.78, 5) is 17.4. The molecule has 1 aliphatic heterocycles. The largest absolute Gasteiger partial charge is 0.353 e. The summed E-state index contributed by atoms with van der Waals surface area (Å²) in [5.74, 6) is -0.287. The van der Waals surface area contributed by atoms with Crippen LogP contribution in [0.3, 0.4) is 0 Å². The normalized spacial score (nSPS) is 20.6. The molecule has 29 heavy (non-hydrogen) atoms. The van der Waals surface area contributed by atoms with E-state index < -0.39 is 5.82 Å². The van der Waals surface area contributed by atoms with Crippen LogP contribution in [0.25, 0.3) is 11.0 Å². The molecule has 1 aliphatic carbocycles. The fraction of sp³-hybridized carbons (Fsp3) is 0.619. The van der Waals surface area contributed by atoms with Crippen LogP contribution in [0, 0.1) is 5.82 Å². The fourth-order valence-corrected chi connectivity index (χ4v) is 5.30. The van der Waals surface area contributed by atoms with Crippen LogP contribution in [0.5, 0.6) is 0 Å². The van der Waals surface area contributed by atoms with Crippen molar-refractivity contribution in [2.24, 2.45) is 0 Å². The van der Waals surface area contributed by atoms with Gasteiger partial charge in [-0.05, 0) is 54.1 Å². The first-order chi connectivity index (χ1) is 14.1. The van der Waals surface area contributed by atoms with E-state index in [0.717, 1.165) is 44.9 Å². The third-order valence-electron chi connectivity index (χ3n) is 5.84. The van der Waals surface area contributed by atoms with Crippen molar-refractivity contribution in [1.29, 1.82) is 0 Å². The van der Waals surface area contributed by atoms with Crippen LogP contribution < -0.4 is 5.43 Å². The van der Waals surface area contributed by atoms with Crippen molar-refractivity contribution in [2.45, 2.75) is 69.6 Å². The summed E-state index contributed by atoms with van der Waals surface area (Å²) in [6.45, 7) is 1.03. The van der Waals surface area contributed by atoms with Crippen molar-refractivity contribution >= 4 is 38.6 Å². The molecule has 1 saturated heterocycles. The minimum atomic E-state index is -0.480. The molecule has 0 radical (unpaired) electrons. The Kier molecular flexibility index (Phi) is 6.89. The molecule has 158 valence electrons. The summed E-state index contributed by atoms with van der Waals surface area (Å²) in [5.41, 5.74) is 1.27. The Morgan fingerprint density at radius 1 is 1.28 bits per heavy atom. The second kappa shape index (κ2) is 9.41. The number of hydrogen-bond acceptors (Lipinski definition) is 4. The van der Waals surface area contributed by atoms with Gasteiger partial charge < -0.3 is 14.0 Å². The van der Waals surface area contributed by atoms with Gasteiger partial charge in [0.2, 0.25) is 5.43 Å². The summed E-state index contributed by atoms with van der Waals surface area (Å²) in [6.07, 6.45) is 7.36. The number of halogens is 3. The third kappa shape index (κ3) is 4.38. The number of rotatable bonds is 6. The van der Waals surface area contributed by atoms with Crippen LogP contribution >= 0.6 is 27.5 Å². The van der Waals surface area contributed by atoms with Gasteiger partial charge in [0, 0.05) is 19.1 Å². The molecule has 2 fully saturated rings. The SMILES string of the molecule is O=c1c(Br)c(CCl)n(C2CCCC2)c2nc(CCOC3CCCCO3)c(F)cc12. The highest BCUT2D eigenvalue weighted by Gasteiger charge is 2.25. The van der Waals surface area contributed by atoms with Gasteiger partial charge in [0.15, 0.2) is 6.29 Å². The molecule has 1 saturated carbocycles. The summed E-state index contributed by atoms with van der Waals surface area (Å²) in [5, 5.41) is 0.287. The number of ether oxygens (including phenoxy) is 2. The number of nitrogens with zero attached hydrogens (tertiary/aromatic N) is 2. The highest BCUT2D eigenvalue weighted by atomic mass is 79.9. The van der Waals surface area contributed by atoms with E-state index in [-0.39, 0.29) is 29.0 Å². The van der Waals surface area contributed by atoms with Crippen molar-refractivity contribution in [3.05, 3.63) is 38.0 Å². The lowest BCUT2D eigenvalue weighted by Crippen LogP contribution is -2.24. The molecule has 1 unspecified atom stereocenters. The molecule has 2 aromatic rings. The number of fused-ring (bicyclic) bond motifs is 1. The Bertz CT molecular complexity index is 940. The monoisotopic (exact) mass is 486 g/mol. The van der Waals surface area contributed by atoms with Crippen molar-refractivity contribution < 1.29 is 13.9 Å². The number of aromatic nitrogens is 2. The predicted molar refractivity (Wildman–Crippen MR) is 114 cm³/mol. The molecule has 0 N–H and O–H groups in total. The number of alkyl halides is 1. The Morgan fingerprint density at radius 3 is 2.72 bits per heavy atom. The van der Waals surface area contributed by atoms with Crippen molar-refractivity contribution in [3.8, 4) is 0 Å². The van der Waals surface area contributed by atoms with E-state index in [0.29, 0.717) is 41.1 Å². The van der Waals surface area contributed by atoms with E-state index in [1.54, 1.807) is 0 Å². The Morgan fingerprint density at radius 2 is 2.03 bits per heavy atom. The maximum Gasteiger partial charge on any atom is 0.205 e. The van der Waals surface area contributed by atoms with Crippen LogP contribution in [-0.4, -0.2) is 29.1 Å². The summed E-state index contributed by atoms with van der Waals surface area (Å²) in [6, 6.07) is 1.53. The molecule has 1 atom stereocenters. The van der Waals surface area contributed by atoms with Gasteiger partial charge in [0.05, 0.1) is 33.7 Å². The van der Waals surface area contributed by atoms with E-state index >= 15 is 0 Å². The molecular formula is C21H25BrClFN2O3. The van der Waals surface area contributed by atoms with E-state index in [9.17, 15) is 9.18 Å². The fourth-order valence-electron chi connectivity index (χ4n) is 4.33. The first kappa shape index (κ1) is 21.2. The van der Waals surface area contributed by atoms with Gasteiger partial charge in [-0.1, -0.05) is 12.8 Å². The van der Waals surface area contributed by atoms with Crippen molar-refractivity contribution in [1.82, 2.24) is 9.55 Å². The zero-order valence-electron chi connectivity index (χ0n) is 16.3. The summed E-state index contributed by atoms with van der Waals surface area (Å²) >= 11 is 9.59. The van der Waals surface area contributed by atoms with E-state index in [4.69, 9.17) is 21.1 Å². The van der Waals surface area contributed by atoms with Gasteiger partial charge in [-0.15, -0.1) is 11.6 Å². The Balaban J connectivity index is 1.69. The molecule has 0 bridgehead atoms. The minimum Gasteiger partial charge on any atom is -0.353 e. The van der Waals surface area contributed by atoms with Crippen LogP contribution in [0.4, 0.5) is 4.39 Å². The van der Waals surface area contributed by atoms with Crippen LogP contribution in [0.15, 0.2) is 15.3 Å². The lowest BCUT2D eigenvalue weighted by Gasteiger charge is -2.23. The van der Waals surface area contributed by atoms with Gasteiger partial charge in [-0.2, -0.15) is 0 Å². The second-order valence-electron chi connectivity index (χ2n) is 7.74. The highest BCUT2D eigenvalue weighted by Crippen LogP contribution is 2.35. The summed E-state index contributed by atoms with van der Waals surface area (Å²) in [7, 11) is 0. The molecule has 0 amide bonds. The van der Waals surface area contributed by atoms with Crippen LogP contribution in [0.1, 0.15) is 62.4 Å². The van der Waals surface area contributed by atoms with E-state index in [2.05, 4.69) is 25.5 Å². The zero-order valence-corrected chi connectivity index (χ0v) is 18.6. The standard InChI is InChI=1S/C21H25BrClFN2O3/c22-19-17(12-23)26(13-5-1-2-6-13)21-14(20(19)27)11-15(24)16(25-21)8-10-29-18-7-3-4-9-28-18/h11,13,18H,1-10,12H2. The lowest BCUT2D eigenvalue weighted by molar-refractivity contribution is -0.161. The minimum absolute atomic E-state index is 0.193.